The van der Waals surface area contributed by atoms with Crippen LogP contribution in [0.25, 0.3) is 15.9 Å². The number of piperazine rings is 1. The maximum atomic E-state index is 13.8. The minimum atomic E-state index is -0.899. The van der Waals surface area contributed by atoms with Crippen LogP contribution in [-0.4, -0.2) is 53.2 Å². The smallest absolute Gasteiger partial charge is 0.324 e. The molecule has 2 aromatic carbocycles. The molecule has 41 heavy (non-hydrogen) atoms. The van der Waals surface area contributed by atoms with Crippen molar-refractivity contribution in [2.45, 2.75) is 12.1 Å². The SMILES string of the molecule is [C-]#[N+]c1ccc2c(n1)c(N1CCN(C(c3ccc(F)cc3)c3ccc(F)cc3)C(C(=O)OC)C1)c(C#N)c(=O)n2C. The number of nitrogens with zero attached hydrogens (tertiary/aromatic N) is 6. The summed E-state index contributed by atoms with van der Waals surface area (Å²) in [6, 6.07) is 15.4. The highest BCUT2D eigenvalue weighted by molar-refractivity contribution is 5.93. The second kappa shape index (κ2) is 11.2. The van der Waals surface area contributed by atoms with E-state index in [9.17, 15) is 23.6 Å². The average molecular weight is 555 g/mol. The molecule has 1 aliphatic rings. The number of nitriles is 1. The van der Waals surface area contributed by atoms with E-state index < -0.39 is 35.2 Å². The highest BCUT2D eigenvalue weighted by Crippen LogP contribution is 2.36. The van der Waals surface area contributed by atoms with Crippen molar-refractivity contribution >= 4 is 28.5 Å². The summed E-state index contributed by atoms with van der Waals surface area (Å²) >= 11 is 0. The van der Waals surface area contributed by atoms with E-state index >= 15 is 0 Å². The minimum absolute atomic E-state index is 0.0203. The van der Waals surface area contributed by atoms with Gasteiger partial charge in [-0.2, -0.15) is 5.26 Å². The largest absolute Gasteiger partial charge is 0.468 e. The number of halogens is 2. The third-order valence-electron chi connectivity index (χ3n) is 7.34. The van der Waals surface area contributed by atoms with Gasteiger partial charge in [0.1, 0.15) is 35.0 Å². The van der Waals surface area contributed by atoms with Gasteiger partial charge >= 0.3 is 5.97 Å². The molecular weight excluding hydrogens is 530 g/mol. The van der Waals surface area contributed by atoms with Crippen molar-refractivity contribution in [3.63, 3.8) is 0 Å². The van der Waals surface area contributed by atoms with Crippen LogP contribution in [0.3, 0.4) is 0 Å². The van der Waals surface area contributed by atoms with Crippen molar-refractivity contribution in [2.75, 3.05) is 31.6 Å². The number of hydrogen-bond donors (Lipinski definition) is 0. The van der Waals surface area contributed by atoms with Gasteiger partial charge < -0.3 is 19.0 Å². The van der Waals surface area contributed by atoms with Crippen molar-refractivity contribution < 1.29 is 18.3 Å². The molecular formula is C30H24F2N6O3. The lowest BCUT2D eigenvalue weighted by atomic mass is 9.94. The molecule has 2 aromatic heterocycles. The number of esters is 1. The van der Waals surface area contributed by atoms with Crippen molar-refractivity contribution in [3.8, 4) is 6.07 Å². The van der Waals surface area contributed by atoms with E-state index in [4.69, 9.17) is 11.3 Å². The number of pyridine rings is 2. The Morgan fingerprint density at radius 3 is 2.22 bits per heavy atom. The van der Waals surface area contributed by atoms with Gasteiger partial charge in [0, 0.05) is 26.7 Å². The predicted molar refractivity (Wildman–Crippen MR) is 147 cm³/mol. The number of fused-ring (bicyclic) bond motifs is 1. The Bertz CT molecular complexity index is 1730. The van der Waals surface area contributed by atoms with E-state index in [1.807, 2.05) is 11.0 Å². The summed E-state index contributed by atoms with van der Waals surface area (Å²) < 4.78 is 34.2. The maximum Gasteiger partial charge on any atom is 0.324 e. The van der Waals surface area contributed by atoms with Crippen LogP contribution < -0.4 is 10.5 Å². The summed E-state index contributed by atoms with van der Waals surface area (Å²) in [7, 11) is 2.79. The number of benzene rings is 2. The van der Waals surface area contributed by atoms with Gasteiger partial charge in [0.25, 0.3) is 11.4 Å². The molecule has 0 aliphatic carbocycles. The lowest BCUT2D eigenvalue weighted by molar-refractivity contribution is -0.148. The third kappa shape index (κ3) is 4.99. The van der Waals surface area contributed by atoms with Gasteiger partial charge in [0.05, 0.1) is 18.7 Å². The zero-order chi connectivity index (χ0) is 29.3. The number of anilines is 1. The molecule has 0 bridgehead atoms. The van der Waals surface area contributed by atoms with Crippen LogP contribution >= 0.6 is 0 Å². The van der Waals surface area contributed by atoms with Gasteiger partial charge in [-0.25, -0.2) is 8.78 Å². The van der Waals surface area contributed by atoms with E-state index in [0.717, 1.165) is 0 Å². The second-order valence-electron chi connectivity index (χ2n) is 9.58. The summed E-state index contributed by atoms with van der Waals surface area (Å²) in [5.74, 6) is -1.31. The number of carbonyl (C=O) groups excluding carboxylic acids is 1. The summed E-state index contributed by atoms with van der Waals surface area (Å²) in [5.41, 5.74) is 1.65. The van der Waals surface area contributed by atoms with Crippen LogP contribution in [0.2, 0.25) is 0 Å². The fourth-order valence-corrected chi connectivity index (χ4v) is 5.37. The van der Waals surface area contributed by atoms with Gasteiger partial charge in [-0.3, -0.25) is 14.5 Å². The maximum absolute atomic E-state index is 13.8. The van der Waals surface area contributed by atoms with Gasteiger partial charge in [-0.15, -0.1) is 4.98 Å². The zero-order valence-electron chi connectivity index (χ0n) is 22.2. The molecule has 0 spiro atoms. The molecule has 1 fully saturated rings. The number of ether oxygens (including phenoxy) is 1. The molecule has 0 amide bonds. The van der Waals surface area contributed by atoms with Crippen LogP contribution in [0.1, 0.15) is 22.7 Å². The molecule has 0 saturated carbocycles. The van der Waals surface area contributed by atoms with Crippen molar-refractivity contribution in [1.82, 2.24) is 14.5 Å². The Kier molecular flexibility index (Phi) is 7.47. The fourth-order valence-electron chi connectivity index (χ4n) is 5.37. The van der Waals surface area contributed by atoms with E-state index in [2.05, 4.69) is 9.83 Å². The van der Waals surface area contributed by atoms with Crippen molar-refractivity contribution in [3.05, 3.63) is 111 Å². The van der Waals surface area contributed by atoms with Gasteiger partial charge in [0.2, 0.25) is 5.52 Å². The minimum Gasteiger partial charge on any atom is -0.468 e. The van der Waals surface area contributed by atoms with Gasteiger partial charge in [-0.1, -0.05) is 30.8 Å². The van der Waals surface area contributed by atoms with Crippen LogP contribution in [0.4, 0.5) is 20.3 Å². The molecule has 1 saturated heterocycles. The number of aryl methyl sites for hydroxylation is 1. The van der Waals surface area contributed by atoms with Crippen LogP contribution in [0.15, 0.2) is 65.5 Å². The summed E-state index contributed by atoms with van der Waals surface area (Å²) in [4.78, 5) is 37.9. The van der Waals surface area contributed by atoms with E-state index in [1.54, 1.807) is 35.2 Å². The zero-order valence-corrected chi connectivity index (χ0v) is 22.2. The Balaban J connectivity index is 1.64. The highest BCUT2D eigenvalue weighted by Gasteiger charge is 2.40. The molecule has 1 aliphatic heterocycles. The summed E-state index contributed by atoms with van der Waals surface area (Å²) in [6.07, 6.45) is 0. The monoisotopic (exact) mass is 554 g/mol. The first kappa shape index (κ1) is 27.4. The quantitative estimate of drug-likeness (QED) is 0.271. The number of methoxy groups -OCH3 is 1. The van der Waals surface area contributed by atoms with Crippen molar-refractivity contribution in [1.29, 1.82) is 5.26 Å². The van der Waals surface area contributed by atoms with Crippen LogP contribution in [0.5, 0.6) is 0 Å². The first-order chi connectivity index (χ1) is 19.8. The number of rotatable bonds is 5. The molecule has 3 heterocycles. The Morgan fingerprint density at radius 1 is 1.07 bits per heavy atom. The Hall–Kier alpha value is -5.13. The lowest BCUT2D eigenvalue weighted by Crippen LogP contribution is -2.58. The Morgan fingerprint density at radius 2 is 1.68 bits per heavy atom. The third-order valence-corrected chi connectivity index (χ3v) is 7.34. The van der Waals surface area contributed by atoms with E-state index in [-0.39, 0.29) is 36.7 Å². The molecule has 1 unspecified atom stereocenters. The highest BCUT2D eigenvalue weighted by atomic mass is 19.1. The second-order valence-corrected chi connectivity index (χ2v) is 9.58. The topological polar surface area (TPSA) is 95.8 Å². The van der Waals surface area contributed by atoms with Crippen molar-refractivity contribution in [2.24, 2.45) is 7.05 Å². The molecule has 4 aromatic rings. The van der Waals surface area contributed by atoms with Crippen LogP contribution in [0, 0.1) is 29.5 Å². The molecule has 1 atom stereocenters. The van der Waals surface area contributed by atoms with Gasteiger partial charge in [0.15, 0.2) is 0 Å². The van der Waals surface area contributed by atoms with E-state index in [0.29, 0.717) is 22.2 Å². The number of carbonyl (C=O) groups is 1. The Labute approximate surface area is 234 Å². The standard InChI is InChI=1S/C30H24F2N6O3/c1-34-25-13-12-23-26(35-25)28(22(16-33)29(39)36(23)2)37-14-15-38(24(17-37)30(40)41-3)27(18-4-8-20(31)9-5-18)19-6-10-21(32)11-7-19/h4-13,24,27H,14-15,17H2,2-3H3. The summed E-state index contributed by atoms with van der Waals surface area (Å²) in [6.45, 7) is 7.95. The molecule has 11 heteroatoms. The van der Waals surface area contributed by atoms with E-state index in [1.165, 1.54) is 49.1 Å². The first-order valence-electron chi connectivity index (χ1n) is 12.7. The molecule has 5 rings (SSSR count). The van der Waals surface area contributed by atoms with Crippen LogP contribution in [-0.2, 0) is 16.6 Å². The molecule has 0 radical (unpaired) electrons. The predicted octanol–water partition coefficient (Wildman–Crippen LogP) is 4.09. The number of aromatic nitrogens is 2. The van der Waals surface area contributed by atoms with Gasteiger partial charge in [-0.05, 0) is 47.5 Å². The molecule has 0 N–H and O–H groups in total. The normalized spacial score (nSPS) is 15.5. The first-order valence-corrected chi connectivity index (χ1v) is 12.7. The molecule has 206 valence electrons. The average Bonchev–Trinajstić information content (AvgIpc) is 3.00. The lowest BCUT2D eigenvalue weighted by Gasteiger charge is -2.45. The molecule has 9 nitrogen and oxygen atoms in total. The fraction of sp³-hybridized carbons (Fsp3) is 0.233. The summed E-state index contributed by atoms with van der Waals surface area (Å²) in [5, 5.41) is 10.0. The number of hydrogen-bond acceptors (Lipinski definition) is 7.